The molecule has 2 aromatic heterocycles. The van der Waals surface area contributed by atoms with E-state index in [1.165, 1.54) is 5.56 Å². The first-order valence-electron chi connectivity index (χ1n) is 11.1. The van der Waals surface area contributed by atoms with Crippen LogP contribution in [0.25, 0.3) is 22.0 Å². The average Bonchev–Trinajstić information content (AvgIpc) is 2.86. The number of hydrogen-bond donors (Lipinski definition) is 1. The Balaban J connectivity index is 1.60. The highest BCUT2D eigenvalue weighted by molar-refractivity contribution is 5.94. The Labute approximate surface area is 199 Å². The van der Waals surface area contributed by atoms with Gasteiger partial charge in [0, 0.05) is 38.0 Å². The van der Waals surface area contributed by atoms with Crippen LogP contribution in [0.15, 0.2) is 73.1 Å². The molecule has 174 valence electrons. The van der Waals surface area contributed by atoms with Crippen LogP contribution in [0.4, 0.5) is 0 Å². The van der Waals surface area contributed by atoms with Gasteiger partial charge in [-0.05, 0) is 60.1 Å². The highest BCUT2D eigenvalue weighted by Gasteiger charge is 2.12. The lowest BCUT2D eigenvalue weighted by Gasteiger charge is -2.16. The molecule has 0 radical (unpaired) electrons. The Morgan fingerprint density at radius 3 is 2.53 bits per heavy atom. The summed E-state index contributed by atoms with van der Waals surface area (Å²) in [4.78, 5) is 22.8. The van der Waals surface area contributed by atoms with Crippen LogP contribution in [-0.4, -0.2) is 48.1 Å². The lowest BCUT2D eigenvalue weighted by molar-refractivity contribution is 0.0997. The van der Waals surface area contributed by atoms with Crippen LogP contribution in [0.3, 0.4) is 0 Å². The van der Waals surface area contributed by atoms with Gasteiger partial charge in [0.15, 0.2) is 0 Å². The van der Waals surface area contributed by atoms with Gasteiger partial charge in [-0.3, -0.25) is 19.7 Å². The molecule has 1 amide bonds. The minimum absolute atomic E-state index is 0.124. The summed E-state index contributed by atoms with van der Waals surface area (Å²) in [6.45, 7) is 2.56. The van der Waals surface area contributed by atoms with Gasteiger partial charge in [-0.25, -0.2) is 0 Å². The third-order valence-electron chi connectivity index (χ3n) is 5.62. The quantitative estimate of drug-likeness (QED) is 0.387. The van der Waals surface area contributed by atoms with Crippen molar-refractivity contribution in [2.75, 3.05) is 27.3 Å². The Hall–Kier alpha value is -3.81. The predicted molar refractivity (Wildman–Crippen MR) is 132 cm³/mol. The minimum atomic E-state index is -0.528. The zero-order chi connectivity index (χ0) is 23.9. The van der Waals surface area contributed by atoms with Crippen LogP contribution in [0.5, 0.6) is 5.75 Å². The largest absolute Gasteiger partial charge is 0.487 e. The van der Waals surface area contributed by atoms with Gasteiger partial charge >= 0.3 is 0 Å². The van der Waals surface area contributed by atoms with Crippen LogP contribution >= 0.6 is 0 Å². The molecule has 0 fully saturated rings. The molecule has 0 aliphatic heterocycles. The number of likely N-dealkylation sites (N-methyl/N-ethyl adjacent to an activating group) is 1. The minimum Gasteiger partial charge on any atom is -0.487 e. The smallest absolute Gasteiger partial charge is 0.250 e. The SMILES string of the molecule is COCCN(C)Cc1ccc(-c2cc(OCc3ncccc3C(N)=O)c3cccnc3c2)cc1. The first-order valence-corrected chi connectivity index (χ1v) is 11.1. The first-order chi connectivity index (χ1) is 16.5. The van der Waals surface area contributed by atoms with E-state index in [0.29, 0.717) is 23.6 Å². The number of carbonyl (C=O) groups is 1. The molecule has 0 saturated carbocycles. The fourth-order valence-corrected chi connectivity index (χ4v) is 3.80. The summed E-state index contributed by atoms with van der Waals surface area (Å²) in [5, 5.41) is 0.888. The van der Waals surface area contributed by atoms with Gasteiger partial charge in [-0.2, -0.15) is 0 Å². The molecule has 2 heterocycles. The number of rotatable bonds is 10. The highest BCUT2D eigenvalue weighted by Crippen LogP contribution is 2.32. The number of nitrogens with zero attached hydrogens (tertiary/aromatic N) is 3. The van der Waals surface area contributed by atoms with Crippen molar-refractivity contribution in [3.8, 4) is 16.9 Å². The maximum Gasteiger partial charge on any atom is 0.250 e. The second-order valence-corrected chi connectivity index (χ2v) is 8.12. The van der Waals surface area contributed by atoms with Crippen molar-refractivity contribution in [1.82, 2.24) is 14.9 Å². The van der Waals surface area contributed by atoms with E-state index in [2.05, 4.69) is 52.2 Å². The van der Waals surface area contributed by atoms with E-state index in [1.54, 1.807) is 31.6 Å². The number of nitrogens with two attached hydrogens (primary N) is 1. The number of fused-ring (bicyclic) bond motifs is 1. The second-order valence-electron chi connectivity index (χ2n) is 8.12. The van der Waals surface area contributed by atoms with Gasteiger partial charge in [0.1, 0.15) is 12.4 Å². The van der Waals surface area contributed by atoms with Crippen LogP contribution in [-0.2, 0) is 17.9 Å². The number of carbonyl (C=O) groups excluding carboxylic acids is 1. The van der Waals surface area contributed by atoms with Crippen molar-refractivity contribution in [3.63, 3.8) is 0 Å². The number of aromatic nitrogens is 2. The predicted octanol–water partition coefficient (Wildman–Crippen LogP) is 4.05. The number of primary amides is 1. The zero-order valence-electron chi connectivity index (χ0n) is 19.4. The van der Waals surface area contributed by atoms with E-state index in [4.69, 9.17) is 15.2 Å². The molecule has 0 aliphatic carbocycles. The van der Waals surface area contributed by atoms with Crippen molar-refractivity contribution in [2.45, 2.75) is 13.2 Å². The van der Waals surface area contributed by atoms with Crippen LogP contribution < -0.4 is 10.5 Å². The van der Waals surface area contributed by atoms with Gasteiger partial charge in [0.25, 0.3) is 5.91 Å². The Bertz CT molecular complexity index is 1270. The summed E-state index contributed by atoms with van der Waals surface area (Å²) in [7, 11) is 3.79. The zero-order valence-corrected chi connectivity index (χ0v) is 19.4. The average molecular weight is 457 g/mol. The monoisotopic (exact) mass is 456 g/mol. The summed E-state index contributed by atoms with van der Waals surface area (Å²) >= 11 is 0. The summed E-state index contributed by atoms with van der Waals surface area (Å²) < 4.78 is 11.3. The van der Waals surface area contributed by atoms with Gasteiger partial charge < -0.3 is 15.2 Å². The molecule has 0 spiro atoms. The van der Waals surface area contributed by atoms with Crippen molar-refractivity contribution in [2.24, 2.45) is 5.73 Å². The highest BCUT2D eigenvalue weighted by atomic mass is 16.5. The molecule has 4 rings (SSSR count). The Morgan fingerprint density at radius 2 is 1.76 bits per heavy atom. The van der Waals surface area contributed by atoms with Crippen molar-refractivity contribution in [1.29, 1.82) is 0 Å². The molecule has 34 heavy (non-hydrogen) atoms. The molecule has 0 unspecified atom stereocenters. The Morgan fingerprint density at radius 1 is 1.00 bits per heavy atom. The lowest BCUT2D eigenvalue weighted by atomic mass is 10.0. The van der Waals surface area contributed by atoms with E-state index in [0.717, 1.165) is 35.1 Å². The van der Waals surface area contributed by atoms with Crippen LogP contribution in [0, 0.1) is 0 Å². The Kier molecular flexibility index (Phi) is 7.47. The molecule has 4 aromatic rings. The number of hydrogen-bond acceptors (Lipinski definition) is 6. The van der Waals surface area contributed by atoms with E-state index in [1.807, 2.05) is 18.2 Å². The normalized spacial score (nSPS) is 11.1. The number of amides is 1. The van der Waals surface area contributed by atoms with E-state index >= 15 is 0 Å². The van der Waals surface area contributed by atoms with E-state index < -0.39 is 5.91 Å². The van der Waals surface area contributed by atoms with Crippen LogP contribution in [0.2, 0.25) is 0 Å². The van der Waals surface area contributed by atoms with Gasteiger partial charge in [-0.15, -0.1) is 0 Å². The number of pyridine rings is 2. The van der Waals surface area contributed by atoms with Gasteiger partial charge in [-0.1, -0.05) is 24.3 Å². The molecule has 0 saturated heterocycles. The molecule has 0 atom stereocenters. The van der Waals surface area contributed by atoms with E-state index in [-0.39, 0.29) is 6.61 Å². The summed E-state index contributed by atoms with van der Waals surface area (Å²) in [5.41, 5.74) is 10.5. The lowest BCUT2D eigenvalue weighted by Crippen LogP contribution is -2.22. The fraction of sp³-hybridized carbons (Fsp3) is 0.222. The third kappa shape index (κ3) is 5.57. The third-order valence-corrected chi connectivity index (χ3v) is 5.62. The molecule has 2 aromatic carbocycles. The standard InChI is InChI=1S/C27H28N4O3/c1-31(13-14-33-2)17-19-7-9-20(10-8-19)21-15-24-22(5-3-11-29-24)26(16-21)34-18-25-23(27(28)32)6-4-12-30-25/h3-12,15-16H,13-14,17-18H2,1-2H3,(H2,28,32). The van der Waals surface area contributed by atoms with Gasteiger partial charge in [0.05, 0.1) is 23.4 Å². The molecular formula is C27H28N4O3. The molecule has 7 heteroatoms. The summed E-state index contributed by atoms with van der Waals surface area (Å²) in [5.74, 6) is 0.143. The number of ether oxygens (including phenoxy) is 2. The summed E-state index contributed by atoms with van der Waals surface area (Å²) in [6, 6.07) is 19.7. The van der Waals surface area contributed by atoms with Crippen molar-refractivity contribution in [3.05, 3.63) is 89.9 Å². The molecule has 0 bridgehead atoms. The molecule has 0 aliphatic rings. The summed E-state index contributed by atoms with van der Waals surface area (Å²) in [6.07, 6.45) is 3.38. The van der Waals surface area contributed by atoms with Crippen LogP contribution in [0.1, 0.15) is 21.6 Å². The van der Waals surface area contributed by atoms with Crippen molar-refractivity contribution < 1.29 is 14.3 Å². The second kappa shape index (κ2) is 10.9. The maximum atomic E-state index is 11.7. The fourth-order valence-electron chi connectivity index (χ4n) is 3.80. The molecule has 7 nitrogen and oxygen atoms in total. The first kappa shape index (κ1) is 23.4. The molecular weight excluding hydrogens is 428 g/mol. The maximum absolute atomic E-state index is 11.7. The van der Waals surface area contributed by atoms with E-state index in [9.17, 15) is 4.79 Å². The van der Waals surface area contributed by atoms with Crippen molar-refractivity contribution >= 4 is 16.8 Å². The molecule has 2 N–H and O–H groups in total. The number of methoxy groups -OCH3 is 1. The van der Waals surface area contributed by atoms with Gasteiger partial charge in [0.2, 0.25) is 0 Å². The topological polar surface area (TPSA) is 90.6 Å². The number of benzene rings is 2.